The van der Waals surface area contributed by atoms with E-state index in [0.29, 0.717) is 18.9 Å². The van der Waals surface area contributed by atoms with Crippen LogP contribution in [0.4, 0.5) is 0 Å². The lowest BCUT2D eigenvalue weighted by molar-refractivity contribution is -0.122. The number of nitrogens with one attached hydrogen (secondary N) is 1. The lowest BCUT2D eigenvalue weighted by Gasteiger charge is -2.30. The van der Waals surface area contributed by atoms with Crippen LogP contribution in [0.1, 0.15) is 61.3 Å². The summed E-state index contributed by atoms with van der Waals surface area (Å²) >= 11 is 0. The third kappa shape index (κ3) is 5.05. The molecule has 2 heterocycles. The molecule has 0 bridgehead atoms. The quantitative estimate of drug-likeness (QED) is 0.333. The summed E-state index contributed by atoms with van der Waals surface area (Å²) in [5.41, 5.74) is 3.85. The number of amides is 1. The molecular formula is C29H32N2O2. The fourth-order valence-corrected chi connectivity index (χ4v) is 5.42. The highest BCUT2D eigenvalue weighted by atomic mass is 16.3. The van der Waals surface area contributed by atoms with Gasteiger partial charge in [0.2, 0.25) is 5.91 Å². The molecule has 0 spiro atoms. The van der Waals surface area contributed by atoms with Crippen molar-refractivity contribution in [1.29, 1.82) is 0 Å². The number of hydrogen-bond donors (Lipinski definition) is 1. The van der Waals surface area contributed by atoms with Crippen LogP contribution in [-0.4, -0.2) is 10.5 Å². The Labute approximate surface area is 195 Å². The van der Waals surface area contributed by atoms with Gasteiger partial charge in [-0.05, 0) is 54.0 Å². The van der Waals surface area contributed by atoms with E-state index in [1.807, 2.05) is 12.1 Å². The number of carbonyl (C=O) groups is 1. The monoisotopic (exact) mass is 440 g/mol. The van der Waals surface area contributed by atoms with Gasteiger partial charge in [0.25, 0.3) is 0 Å². The molecule has 1 saturated carbocycles. The van der Waals surface area contributed by atoms with E-state index in [0.717, 1.165) is 12.3 Å². The Morgan fingerprint density at radius 1 is 0.970 bits per heavy atom. The minimum Gasteiger partial charge on any atom is -0.467 e. The first kappa shape index (κ1) is 21.6. The number of hydrogen-bond acceptors (Lipinski definition) is 2. The van der Waals surface area contributed by atoms with Crippen LogP contribution >= 0.6 is 0 Å². The fraction of sp³-hybridized carbons (Fsp3) is 0.345. The Morgan fingerprint density at radius 3 is 2.55 bits per heavy atom. The Kier molecular flexibility index (Phi) is 6.61. The summed E-state index contributed by atoms with van der Waals surface area (Å²) in [7, 11) is 0. The molecule has 33 heavy (non-hydrogen) atoms. The zero-order valence-corrected chi connectivity index (χ0v) is 19.1. The molecular weight excluding hydrogens is 408 g/mol. The van der Waals surface area contributed by atoms with Crippen LogP contribution in [0, 0.1) is 5.92 Å². The van der Waals surface area contributed by atoms with E-state index in [2.05, 4.69) is 70.7 Å². The van der Waals surface area contributed by atoms with Gasteiger partial charge in [0.1, 0.15) is 5.76 Å². The summed E-state index contributed by atoms with van der Waals surface area (Å²) < 4.78 is 7.75. The first-order chi connectivity index (χ1) is 16.3. The highest BCUT2D eigenvalue weighted by molar-refractivity contribution is 5.86. The van der Waals surface area contributed by atoms with Crippen LogP contribution in [0.3, 0.4) is 0 Å². The largest absolute Gasteiger partial charge is 0.467 e. The molecule has 2 aromatic heterocycles. The predicted molar refractivity (Wildman–Crippen MR) is 132 cm³/mol. The Balaban J connectivity index is 1.45. The number of fused-ring (bicyclic) bond motifs is 1. The number of furan rings is 1. The van der Waals surface area contributed by atoms with Crippen LogP contribution in [0.25, 0.3) is 10.9 Å². The smallest absolute Gasteiger partial charge is 0.220 e. The highest BCUT2D eigenvalue weighted by Gasteiger charge is 2.29. The maximum Gasteiger partial charge on any atom is 0.220 e. The summed E-state index contributed by atoms with van der Waals surface area (Å²) in [4.78, 5) is 13.0. The molecule has 0 saturated heterocycles. The van der Waals surface area contributed by atoms with Gasteiger partial charge >= 0.3 is 0 Å². The predicted octanol–water partition coefficient (Wildman–Crippen LogP) is 6.65. The molecule has 2 aromatic carbocycles. The van der Waals surface area contributed by atoms with E-state index in [1.165, 1.54) is 54.1 Å². The second-order valence-corrected chi connectivity index (χ2v) is 9.28. The van der Waals surface area contributed by atoms with Crippen molar-refractivity contribution >= 4 is 16.8 Å². The molecule has 1 amide bonds. The molecule has 4 heteroatoms. The van der Waals surface area contributed by atoms with Crippen molar-refractivity contribution in [3.63, 3.8) is 0 Å². The molecule has 0 radical (unpaired) electrons. The van der Waals surface area contributed by atoms with Gasteiger partial charge in [0, 0.05) is 30.1 Å². The molecule has 5 rings (SSSR count). The van der Waals surface area contributed by atoms with Crippen LogP contribution in [0.15, 0.2) is 83.6 Å². The van der Waals surface area contributed by atoms with Crippen molar-refractivity contribution in [3.8, 4) is 0 Å². The Morgan fingerprint density at radius 2 is 1.76 bits per heavy atom. The van der Waals surface area contributed by atoms with Crippen molar-refractivity contribution in [3.05, 3.63) is 96.1 Å². The van der Waals surface area contributed by atoms with Crippen molar-refractivity contribution in [2.75, 3.05) is 0 Å². The van der Waals surface area contributed by atoms with Crippen LogP contribution in [0.2, 0.25) is 0 Å². The maximum absolute atomic E-state index is 13.0. The molecule has 1 aliphatic carbocycles. The van der Waals surface area contributed by atoms with Gasteiger partial charge in [0.05, 0.1) is 12.8 Å². The van der Waals surface area contributed by atoms with E-state index in [4.69, 9.17) is 4.42 Å². The van der Waals surface area contributed by atoms with Crippen LogP contribution in [-0.2, 0) is 17.9 Å². The lowest BCUT2D eigenvalue weighted by atomic mass is 9.75. The van der Waals surface area contributed by atoms with E-state index in [1.54, 1.807) is 6.26 Å². The third-order valence-electron chi connectivity index (χ3n) is 7.08. The van der Waals surface area contributed by atoms with E-state index >= 15 is 0 Å². The lowest BCUT2D eigenvalue weighted by Crippen LogP contribution is -2.27. The molecule has 170 valence electrons. The van der Waals surface area contributed by atoms with Crippen molar-refractivity contribution in [2.45, 2.75) is 57.5 Å². The summed E-state index contributed by atoms with van der Waals surface area (Å²) in [6.07, 6.45) is 10.7. The van der Waals surface area contributed by atoms with Gasteiger partial charge in [-0.2, -0.15) is 0 Å². The zero-order chi connectivity index (χ0) is 22.5. The second-order valence-electron chi connectivity index (χ2n) is 9.28. The standard InChI is InChI=1S/C29H32N2O2/c32-29(30-19-24-14-9-17-33-24)18-26(23-12-5-2-6-13-23)27-21-31(20-22-10-3-1-4-11-22)28-16-8-7-15-25(27)28/h1,3-4,7-11,14-17,21,23,26H,2,5-6,12-13,18-20H2,(H,30,32)/t26-/m0/s1. The van der Waals surface area contributed by atoms with Gasteiger partial charge < -0.3 is 14.3 Å². The minimum absolute atomic E-state index is 0.0989. The molecule has 0 unspecified atom stereocenters. The zero-order valence-electron chi connectivity index (χ0n) is 19.1. The number of para-hydroxylation sites is 1. The van der Waals surface area contributed by atoms with Crippen LogP contribution < -0.4 is 5.32 Å². The van der Waals surface area contributed by atoms with Gasteiger partial charge in [-0.25, -0.2) is 0 Å². The SMILES string of the molecule is O=C(C[C@H](c1cn(Cc2ccccc2)c2ccccc12)C1CCCCC1)NCc1ccco1. The Hall–Kier alpha value is -3.27. The summed E-state index contributed by atoms with van der Waals surface area (Å²) in [5.74, 6) is 1.66. The number of aromatic nitrogens is 1. The molecule has 4 aromatic rings. The van der Waals surface area contributed by atoms with Gasteiger partial charge in [-0.1, -0.05) is 67.8 Å². The van der Waals surface area contributed by atoms with E-state index < -0.39 is 0 Å². The molecule has 0 aliphatic heterocycles. The van der Waals surface area contributed by atoms with E-state index in [-0.39, 0.29) is 11.8 Å². The molecule has 4 nitrogen and oxygen atoms in total. The molecule has 1 N–H and O–H groups in total. The number of carbonyl (C=O) groups excluding carboxylic acids is 1. The van der Waals surface area contributed by atoms with Gasteiger partial charge in [-0.15, -0.1) is 0 Å². The van der Waals surface area contributed by atoms with Gasteiger partial charge in [-0.3, -0.25) is 4.79 Å². The topological polar surface area (TPSA) is 47.2 Å². The average Bonchev–Trinajstić information content (AvgIpc) is 3.51. The molecule has 1 fully saturated rings. The number of rotatable bonds is 8. The molecule has 1 atom stereocenters. The summed E-state index contributed by atoms with van der Waals surface area (Å²) in [6.45, 7) is 1.28. The summed E-state index contributed by atoms with van der Waals surface area (Å²) in [5, 5.41) is 4.36. The molecule has 1 aliphatic rings. The maximum atomic E-state index is 13.0. The third-order valence-corrected chi connectivity index (χ3v) is 7.08. The highest BCUT2D eigenvalue weighted by Crippen LogP contribution is 2.41. The first-order valence-corrected chi connectivity index (χ1v) is 12.2. The first-order valence-electron chi connectivity index (χ1n) is 12.2. The van der Waals surface area contributed by atoms with Crippen molar-refractivity contribution in [2.24, 2.45) is 5.92 Å². The number of benzene rings is 2. The fourth-order valence-electron chi connectivity index (χ4n) is 5.42. The summed E-state index contributed by atoms with van der Waals surface area (Å²) in [6, 6.07) is 23.0. The van der Waals surface area contributed by atoms with Gasteiger partial charge in [0.15, 0.2) is 0 Å². The second kappa shape index (κ2) is 10.1. The van der Waals surface area contributed by atoms with Crippen molar-refractivity contribution < 1.29 is 9.21 Å². The van der Waals surface area contributed by atoms with Crippen LogP contribution in [0.5, 0.6) is 0 Å². The average molecular weight is 441 g/mol. The normalized spacial score (nSPS) is 15.5. The minimum atomic E-state index is 0.0989. The van der Waals surface area contributed by atoms with Crippen molar-refractivity contribution in [1.82, 2.24) is 9.88 Å². The number of nitrogens with zero attached hydrogens (tertiary/aromatic N) is 1. The van der Waals surface area contributed by atoms with E-state index in [9.17, 15) is 4.79 Å². The Bertz CT molecular complexity index is 1170.